The van der Waals surface area contributed by atoms with Gasteiger partial charge in [-0.15, -0.1) is 5.10 Å². The van der Waals surface area contributed by atoms with Crippen LogP contribution in [0.1, 0.15) is 28.1 Å². The van der Waals surface area contributed by atoms with Crippen LogP contribution < -0.4 is 0 Å². The molecule has 0 aliphatic carbocycles. The van der Waals surface area contributed by atoms with Crippen LogP contribution in [0.2, 0.25) is 0 Å². The number of hydrogen-bond acceptors (Lipinski definition) is 3. The van der Waals surface area contributed by atoms with Crippen molar-refractivity contribution in [3.8, 4) is 5.69 Å². The lowest BCUT2D eigenvalue weighted by Gasteiger charge is -2.05. The van der Waals surface area contributed by atoms with Gasteiger partial charge in [0.1, 0.15) is 5.69 Å². The summed E-state index contributed by atoms with van der Waals surface area (Å²) in [7, 11) is 0. The van der Waals surface area contributed by atoms with E-state index < -0.39 is 0 Å². The first-order valence-electron chi connectivity index (χ1n) is 7.54. The van der Waals surface area contributed by atoms with Gasteiger partial charge in [-0.3, -0.25) is 0 Å². The van der Waals surface area contributed by atoms with Crippen LogP contribution >= 0.6 is 0 Å². The molecule has 0 atom stereocenters. The average Bonchev–Trinajstić information content (AvgIpc) is 2.97. The Morgan fingerprint density at radius 3 is 2.48 bits per heavy atom. The standard InChI is InChI=1S/C19H19N3O/c1-14-6-8-16(9-7-14)10-11-19-18(13-23)20-21-22(19)17-5-3-4-15(2)12-17/h3-12,23H,13H2,1-2H3/b11-10+. The lowest BCUT2D eigenvalue weighted by Crippen LogP contribution is -2.00. The van der Waals surface area contributed by atoms with Crippen LogP contribution in [0.5, 0.6) is 0 Å². The average molecular weight is 305 g/mol. The van der Waals surface area contributed by atoms with Crippen LogP contribution in [0, 0.1) is 13.8 Å². The molecule has 1 aromatic heterocycles. The number of rotatable bonds is 4. The van der Waals surface area contributed by atoms with E-state index in [1.807, 2.05) is 43.3 Å². The van der Waals surface area contributed by atoms with Crippen LogP contribution in [0.3, 0.4) is 0 Å². The second-order valence-electron chi connectivity index (χ2n) is 5.57. The first kappa shape index (κ1) is 15.2. The van der Waals surface area contributed by atoms with Crippen molar-refractivity contribution in [2.45, 2.75) is 20.5 Å². The molecular formula is C19H19N3O. The molecule has 0 bridgehead atoms. The fraction of sp³-hybridized carbons (Fsp3) is 0.158. The summed E-state index contributed by atoms with van der Waals surface area (Å²) < 4.78 is 1.75. The maximum Gasteiger partial charge on any atom is 0.116 e. The Balaban J connectivity index is 2.00. The highest BCUT2D eigenvalue weighted by Gasteiger charge is 2.11. The molecule has 0 amide bonds. The zero-order valence-electron chi connectivity index (χ0n) is 13.3. The molecule has 4 nitrogen and oxygen atoms in total. The van der Waals surface area contributed by atoms with E-state index in [1.54, 1.807) is 4.68 Å². The minimum Gasteiger partial charge on any atom is -0.390 e. The Bertz CT molecular complexity index is 832. The monoisotopic (exact) mass is 305 g/mol. The molecule has 0 aliphatic rings. The van der Waals surface area contributed by atoms with Crippen molar-refractivity contribution in [1.82, 2.24) is 15.0 Å². The second kappa shape index (κ2) is 6.58. The van der Waals surface area contributed by atoms with Gasteiger partial charge in [0, 0.05) is 0 Å². The van der Waals surface area contributed by atoms with Crippen molar-refractivity contribution in [3.05, 3.63) is 76.6 Å². The third kappa shape index (κ3) is 3.38. The molecule has 0 spiro atoms. The van der Waals surface area contributed by atoms with Crippen LogP contribution in [-0.2, 0) is 6.61 Å². The predicted molar refractivity (Wildman–Crippen MR) is 92.1 cm³/mol. The van der Waals surface area contributed by atoms with Crippen molar-refractivity contribution in [1.29, 1.82) is 0 Å². The van der Waals surface area contributed by atoms with Gasteiger partial charge in [0.2, 0.25) is 0 Å². The van der Waals surface area contributed by atoms with E-state index in [-0.39, 0.29) is 6.61 Å². The normalized spacial score (nSPS) is 11.3. The van der Waals surface area contributed by atoms with E-state index in [4.69, 9.17) is 0 Å². The number of benzene rings is 2. The number of aliphatic hydroxyl groups excluding tert-OH is 1. The van der Waals surface area contributed by atoms with Crippen molar-refractivity contribution >= 4 is 12.2 Å². The summed E-state index contributed by atoms with van der Waals surface area (Å²) in [5, 5.41) is 17.8. The zero-order valence-corrected chi connectivity index (χ0v) is 13.3. The minimum atomic E-state index is -0.139. The third-order valence-corrected chi connectivity index (χ3v) is 3.69. The van der Waals surface area contributed by atoms with Gasteiger partial charge >= 0.3 is 0 Å². The van der Waals surface area contributed by atoms with Gasteiger partial charge in [0.05, 0.1) is 18.0 Å². The topological polar surface area (TPSA) is 50.9 Å². The second-order valence-corrected chi connectivity index (χ2v) is 5.57. The van der Waals surface area contributed by atoms with Gasteiger partial charge < -0.3 is 5.11 Å². The molecule has 4 heteroatoms. The Labute approximate surface area is 135 Å². The molecule has 116 valence electrons. The number of aromatic nitrogens is 3. The number of aliphatic hydroxyl groups is 1. The summed E-state index contributed by atoms with van der Waals surface area (Å²) in [5.74, 6) is 0. The van der Waals surface area contributed by atoms with Crippen LogP contribution in [0.15, 0.2) is 48.5 Å². The molecule has 23 heavy (non-hydrogen) atoms. The lowest BCUT2D eigenvalue weighted by atomic mass is 10.1. The predicted octanol–water partition coefficient (Wildman–Crippen LogP) is 3.55. The molecule has 0 aliphatic heterocycles. The van der Waals surface area contributed by atoms with Crippen molar-refractivity contribution in [2.24, 2.45) is 0 Å². The fourth-order valence-corrected chi connectivity index (χ4v) is 2.40. The molecule has 0 fully saturated rings. The highest BCUT2D eigenvalue weighted by atomic mass is 16.3. The highest BCUT2D eigenvalue weighted by Crippen LogP contribution is 2.17. The molecule has 0 radical (unpaired) electrons. The summed E-state index contributed by atoms with van der Waals surface area (Å²) in [6.07, 6.45) is 3.95. The van der Waals surface area contributed by atoms with Gasteiger partial charge in [-0.25, -0.2) is 4.68 Å². The smallest absolute Gasteiger partial charge is 0.116 e. The number of aryl methyl sites for hydroxylation is 2. The molecule has 3 rings (SSSR count). The molecule has 1 heterocycles. The Hall–Kier alpha value is -2.72. The summed E-state index contributed by atoms with van der Waals surface area (Å²) in [6, 6.07) is 16.3. The largest absolute Gasteiger partial charge is 0.390 e. The fourth-order valence-electron chi connectivity index (χ4n) is 2.40. The van der Waals surface area contributed by atoms with Crippen molar-refractivity contribution < 1.29 is 5.11 Å². The maximum atomic E-state index is 9.52. The Morgan fingerprint density at radius 2 is 1.78 bits per heavy atom. The van der Waals surface area contributed by atoms with E-state index >= 15 is 0 Å². The van der Waals surface area contributed by atoms with E-state index in [2.05, 4.69) is 41.5 Å². The minimum absolute atomic E-state index is 0.139. The van der Waals surface area contributed by atoms with E-state index in [0.717, 1.165) is 22.5 Å². The summed E-state index contributed by atoms with van der Waals surface area (Å²) in [6.45, 7) is 3.96. The third-order valence-electron chi connectivity index (χ3n) is 3.69. The first-order chi connectivity index (χ1) is 11.2. The van der Waals surface area contributed by atoms with Gasteiger partial charge in [0.15, 0.2) is 0 Å². The van der Waals surface area contributed by atoms with Crippen LogP contribution in [0.4, 0.5) is 0 Å². The lowest BCUT2D eigenvalue weighted by molar-refractivity contribution is 0.276. The van der Waals surface area contributed by atoms with Crippen molar-refractivity contribution in [3.63, 3.8) is 0 Å². The molecular weight excluding hydrogens is 286 g/mol. The van der Waals surface area contributed by atoms with Gasteiger partial charge in [-0.05, 0) is 43.2 Å². The number of nitrogens with zero attached hydrogens (tertiary/aromatic N) is 3. The molecule has 0 unspecified atom stereocenters. The van der Waals surface area contributed by atoms with Crippen LogP contribution in [0.25, 0.3) is 17.8 Å². The molecule has 3 aromatic rings. The SMILES string of the molecule is Cc1ccc(/C=C/c2c(CO)nnn2-c2cccc(C)c2)cc1. The summed E-state index contributed by atoms with van der Waals surface area (Å²) in [5.41, 5.74) is 5.76. The van der Waals surface area contributed by atoms with Gasteiger partial charge in [-0.1, -0.05) is 53.3 Å². The first-order valence-corrected chi connectivity index (χ1v) is 7.54. The molecule has 2 aromatic carbocycles. The Morgan fingerprint density at radius 1 is 1.00 bits per heavy atom. The quantitative estimate of drug-likeness (QED) is 0.802. The zero-order chi connectivity index (χ0) is 16.2. The highest BCUT2D eigenvalue weighted by molar-refractivity contribution is 5.69. The van der Waals surface area contributed by atoms with Crippen molar-refractivity contribution in [2.75, 3.05) is 0 Å². The maximum absolute atomic E-state index is 9.52. The van der Waals surface area contributed by atoms with Crippen LogP contribution in [-0.4, -0.2) is 20.1 Å². The molecule has 1 N–H and O–H groups in total. The summed E-state index contributed by atoms with van der Waals surface area (Å²) >= 11 is 0. The summed E-state index contributed by atoms with van der Waals surface area (Å²) in [4.78, 5) is 0. The molecule has 0 saturated heterocycles. The van der Waals surface area contributed by atoms with E-state index in [0.29, 0.717) is 5.69 Å². The molecule has 0 saturated carbocycles. The Kier molecular flexibility index (Phi) is 4.35. The van der Waals surface area contributed by atoms with E-state index in [9.17, 15) is 5.11 Å². The van der Waals surface area contributed by atoms with Gasteiger partial charge in [0.25, 0.3) is 0 Å². The number of hydrogen-bond donors (Lipinski definition) is 1. The van der Waals surface area contributed by atoms with Gasteiger partial charge in [-0.2, -0.15) is 0 Å². The van der Waals surface area contributed by atoms with E-state index in [1.165, 1.54) is 5.56 Å².